The number of nitrogens with zero attached hydrogens (tertiary/aromatic N) is 1. The molecule has 0 spiro atoms. The van der Waals surface area contributed by atoms with Gasteiger partial charge < -0.3 is 10.1 Å². The standard InChI is InChI=1S/C26H20N2O4S/c29-26(27-20-12-6-2-7-13-20)25-23(28(30)31)16-22(33-18-19-10-4-1-5-11-19)17-24(25)32-21-14-8-3-9-15-21/h1-17H,18H2,(H,27,29). The molecule has 0 atom stereocenters. The quantitative estimate of drug-likeness (QED) is 0.177. The second kappa shape index (κ2) is 10.5. The van der Waals surface area contributed by atoms with E-state index in [-0.39, 0.29) is 17.0 Å². The molecule has 4 rings (SSSR count). The number of rotatable bonds is 8. The molecule has 0 aliphatic rings. The molecular formula is C26H20N2O4S. The van der Waals surface area contributed by atoms with Gasteiger partial charge in [-0.25, -0.2) is 0 Å². The van der Waals surface area contributed by atoms with E-state index in [4.69, 9.17) is 4.74 Å². The van der Waals surface area contributed by atoms with Crippen LogP contribution in [0, 0.1) is 10.1 Å². The highest BCUT2D eigenvalue weighted by atomic mass is 32.2. The fourth-order valence-electron chi connectivity index (χ4n) is 3.18. The second-order valence-corrected chi connectivity index (χ2v) is 8.13. The molecule has 0 unspecified atom stereocenters. The highest BCUT2D eigenvalue weighted by molar-refractivity contribution is 7.98. The molecule has 4 aromatic rings. The van der Waals surface area contributed by atoms with Crippen LogP contribution in [0.1, 0.15) is 15.9 Å². The van der Waals surface area contributed by atoms with Crippen LogP contribution in [0.15, 0.2) is 108 Å². The van der Waals surface area contributed by atoms with Crippen LogP contribution in [-0.4, -0.2) is 10.8 Å². The minimum atomic E-state index is -0.613. The zero-order valence-corrected chi connectivity index (χ0v) is 18.3. The normalized spacial score (nSPS) is 10.4. The fraction of sp³-hybridized carbons (Fsp3) is 0.0385. The third-order valence-corrected chi connectivity index (χ3v) is 5.78. The molecule has 6 nitrogen and oxygen atoms in total. The lowest BCUT2D eigenvalue weighted by Gasteiger charge is -2.14. The Labute approximate surface area is 195 Å². The van der Waals surface area contributed by atoms with Crippen molar-refractivity contribution < 1.29 is 14.5 Å². The Kier molecular flexibility index (Phi) is 7.02. The van der Waals surface area contributed by atoms with Crippen molar-refractivity contribution in [1.29, 1.82) is 0 Å². The van der Waals surface area contributed by atoms with Crippen LogP contribution in [-0.2, 0) is 5.75 Å². The zero-order valence-electron chi connectivity index (χ0n) is 17.5. The molecule has 0 aliphatic carbocycles. The maximum atomic E-state index is 13.1. The molecule has 0 bridgehead atoms. The first-order chi connectivity index (χ1) is 16.1. The summed E-state index contributed by atoms with van der Waals surface area (Å²) in [5.74, 6) is 0.613. The number of carbonyl (C=O) groups excluding carboxylic acids is 1. The maximum absolute atomic E-state index is 13.1. The van der Waals surface area contributed by atoms with Crippen molar-refractivity contribution in [3.8, 4) is 11.5 Å². The van der Waals surface area contributed by atoms with Crippen LogP contribution in [0.2, 0.25) is 0 Å². The molecule has 0 heterocycles. The smallest absolute Gasteiger partial charge is 0.287 e. The molecule has 33 heavy (non-hydrogen) atoms. The van der Waals surface area contributed by atoms with Crippen molar-refractivity contribution in [3.63, 3.8) is 0 Å². The van der Waals surface area contributed by atoms with E-state index < -0.39 is 10.8 Å². The van der Waals surface area contributed by atoms with Gasteiger partial charge in [0, 0.05) is 22.4 Å². The Bertz CT molecular complexity index is 1250. The number of nitro groups is 1. The van der Waals surface area contributed by atoms with Gasteiger partial charge in [0.05, 0.1) is 4.92 Å². The van der Waals surface area contributed by atoms with Crippen LogP contribution in [0.25, 0.3) is 0 Å². The molecule has 7 heteroatoms. The first-order valence-electron chi connectivity index (χ1n) is 10.2. The topological polar surface area (TPSA) is 81.5 Å². The third-order valence-electron chi connectivity index (χ3n) is 4.73. The molecule has 164 valence electrons. The Hall–Kier alpha value is -4.10. The van der Waals surface area contributed by atoms with E-state index >= 15 is 0 Å². The molecule has 1 N–H and O–H groups in total. The van der Waals surface area contributed by atoms with Crippen molar-refractivity contribution in [2.75, 3.05) is 5.32 Å². The van der Waals surface area contributed by atoms with E-state index in [1.54, 1.807) is 54.6 Å². The van der Waals surface area contributed by atoms with Gasteiger partial charge in [0.1, 0.15) is 11.5 Å². The van der Waals surface area contributed by atoms with E-state index in [9.17, 15) is 14.9 Å². The van der Waals surface area contributed by atoms with Gasteiger partial charge in [-0.15, -0.1) is 11.8 Å². The highest BCUT2D eigenvalue weighted by Crippen LogP contribution is 2.38. The molecule has 0 aliphatic heterocycles. The number of thioether (sulfide) groups is 1. The molecule has 4 aromatic carbocycles. The van der Waals surface area contributed by atoms with Gasteiger partial charge in [0.15, 0.2) is 5.56 Å². The van der Waals surface area contributed by atoms with E-state index in [2.05, 4.69) is 5.32 Å². The molecule has 0 saturated carbocycles. The summed E-state index contributed by atoms with van der Waals surface area (Å²) in [6.45, 7) is 0. The lowest BCUT2D eigenvalue weighted by molar-refractivity contribution is -0.385. The maximum Gasteiger partial charge on any atom is 0.287 e. The van der Waals surface area contributed by atoms with Gasteiger partial charge in [-0.3, -0.25) is 14.9 Å². The lowest BCUT2D eigenvalue weighted by Crippen LogP contribution is -2.15. The monoisotopic (exact) mass is 456 g/mol. The van der Waals surface area contributed by atoms with E-state index in [0.29, 0.717) is 22.1 Å². The average Bonchev–Trinajstić information content (AvgIpc) is 2.84. The number of benzene rings is 4. The fourth-order valence-corrected chi connectivity index (χ4v) is 4.09. The van der Waals surface area contributed by atoms with E-state index in [1.807, 2.05) is 42.5 Å². The largest absolute Gasteiger partial charge is 0.456 e. The van der Waals surface area contributed by atoms with Gasteiger partial charge in [0.25, 0.3) is 11.6 Å². The van der Waals surface area contributed by atoms with Crippen molar-refractivity contribution in [3.05, 3.63) is 124 Å². The SMILES string of the molecule is O=C(Nc1ccccc1)c1c(Oc2ccccc2)cc(SCc2ccccc2)cc1[N+](=O)[O-]. The summed E-state index contributed by atoms with van der Waals surface area (Å²) >= 11 is 1.44. The average molecular weight is 457 g/mol. The third kappa shape index (κ3) is 5.78. The Morgan fingerprint density at radius 3 is 2.12 bits per heavy atom. The van der Waals surface area contributed by atoms with Crippen molar-refractivity contribution in [1.82, 2.24) is 0 Å². The number of para-hydroxylation sites is 2. The minimum Gasteiger partial charge on any atom is -0.456 e. The first-order valence-corrected chi connectivity index (χ1v) is 11.2. The summed E-state index contributed by atoms with van der Waals surface area (Å²) in [5, 5.41) is 14.7. The van der Waals surface area contributed by atoms with Gasteiger partial charge >= 0.3 is 0 Å². The van der Waals surface area contributed by atoms with Crippen LogP contribution in [0.4, 0.5) is 11.4 Å². The van der Waals surface area contributed by atoms with Crippen molar-refractivity contribution in [2.45, 2.75) is 10.6 Å². The number of hydrogen-bond acceptors (Lipinski definition) is 5. The van der Waals surface area contributed by atoms with Crippen molar-refractivity contribution in [2.24, 2.45) is 0 Å². The van der Waals surface area contributed by atoms with Gasteiger partial charge in [0.2, 0.25) is 0 Å². The molecular weight excluding hydrogens is 436 g/mol. The summed E-state index contributed by atoms with van der Waals surface area (Å²) in [5.41, 5.74) is 1.18. The molecule has 0 saturated heterocycles. The predicted octanol–water partition coefficient (Wildman–Crippen LogP) is 6.93. The number of amides is 1. The summed E-state index contributed by atoms with van der Waals surface area (Å²) in [4.78, 5) is 25.2. The number of nitro benzene ring substituents is 1. The molecule has 0 aromatic heterocycles. The number of nitrogens with one attached hydrogen (secondary N) is 1. The number of carbonyl (C=O) groups is 1. The predicted molar refractivity (Wildman–Crippen MR) is 130 cm³/mol. The van der Waals surface area contributed by atoms with Gasteiger partial charge in [-0.2, -0.15) is 0 Å². The number of ether oxygens (including phenoxy) is 1. The Balaban J connectivity index is 1.73. The summed E-state index contributed by atoms with van der Waals surface area (Å²) < 4.78 is 5.97. The first kappa shape index (κ1) is 22.1. The van der Waals surface area contributed by atoms with Crippen LogP contribution >= 0.6 is 11.8 Å². The van der Waals surface area contributed by atoms with Gasteiger partial charge in [-0.05, 0) is 35.9 Å². The second-order valence-electron chi connectivity index (χ2n) is 7.08. The summed E-state index contributed by atoms with van der Waals surface area (Å²) in [7, 11) is 0. The van der Waals surface area contributed by atoms with Gasteiger partial charge in [-0.1, -0.05) is 66.7 Å². The van der Waals surface area contributed by atoms with E-state index in [0.717, 1.165) is 5.56 Å². The summed E-state index contributed by atoms with van der Waals surface area (Å²) in [6.07, 6.45) is 0. The minimum absolute atomic E-state index is 0.124. The van der Waals surface area contributed by atoms with Crippen molar-refractivity contribution >= 4 is 29.0 Å². The van der Waals surface area contributed by atoms with Crippen LogP contribution < -0.4 is 10.1 Å². The Morgan fingerprint density at radius 1 is 0.879 bits per heavy atom. The van der Waals surface area contributed by atoms with E-state index in [1.165, 1.54) is 17.8 Å². The van der Waals surface area contributed by atoms with Crippen LogP contribution in [0.5, 0.6) is 11.5 Å². The molecule has 0 radical (unpaired) electrons. The Morgan fingerprint density at radius 2 is 1.48 bits per heavy atom. The zero-order chi connectivity index (χ0) is 23.0. The number of hydrogen-bond donors (Lipinski definition) is 1. The number of anilines is 1. The molecule has 1 amide bonds. The lowest BCUT2D eigenvalue weighted by atomic mass is 10.1. The highest BCUT2D eigenvalue weighted by Gasteiger charge is 2.27. The summed E-state index contributed by atoms with van der Waals surface area (Å²) in [6, 6.07) is 30.6. The molecule has 0 fully saturated rings. The van der Waals surface area contributed by atoms with Crippen LogP contribution in [0.3, 0.4) is 0 Å².